The van der Waals surface area contributed by atoms with Crippen molar-refractivity contribution < 1.29 is 17.9 Å². The van der Waals surface area contributed by atoms with Crippen molar-refractivity contribution in [3.8, 4) is 0 Å². The van der Waals surface area contributed by atoms with E-state index in [4.69, 9.17) is 0 Å². The number of sulfonamides is 1. The van der Waals surface area contributed by atoms with E-state index in [2.05, 4.69) is 4.74 Å². The van der Waals surface area contributed by atoms with Gasteiger partial charge in [0.15, 0.2) is 0 Å². The van der Waals surface area contributed by atoms with Gasteiger partial charge in [0.1, 0.15) is 0 Å². The number of carbonyl (C=O) groups excluding carboxylic acids is 1. The molecule has 1 rings (SSSR count). The van der Waals surface area contributed by atoms with Crippen LogP contribution < -0.4 is 0 Å². The molecular weight excluding hydrogens is 266 g/mol. The molecule has 19 heavy (non-hydrogen) atoms. The van der Waals surface area contributed by atoms with Crippen molar-refractivity contribution in [2.45, 2.75) is 12.8 Å². The second kappa shape index (κ2) is 7.25. The van der Waals surface area contributed by atoms with Gasteiger partial charge in [0.05, 0.1) is 19.3 Å². The first kappa shape index (κ1) is 15.7. The van der Waals surface area contributed by atoms with Crippen molar-refractivity contribution in [3.05, 3.63) is 35.9 Å². The van der Waals surface area contributed by atoms with Crippen LogP contribution in [0.3, 0.4) is 0 Å². The molecule has 0 atom stereocenters. The number of benzene rings is 1. The van der Waals surface area contributed by atoms with Gasteiger partial charge in [0.2, 0.25) is 10.0 Å². The molecule has 0 unspecified atom stereocenters. The Kier molecular flexibility index (Phi) is 5.98. The first-order valence-electron chi connectivity index (χ1n) is 6.00. The van der Waals surface area contributed by atoms with Gasteiger partial charge in [0, 0.05) is 13.6 Å². The number of carbonyl (C=O) groups is 1. The van der Waals surface area contributed by atoms with Crippen molar-refractivity contribution in [1.82, 2.24) is 4.31 Å². The highest BCUT2D eigenvalue weighted by Gasteiger charge is 2.18. The van der Waals surface area contributed by atoms with Gasteiger partial charge >= 0.3 is 5.97 Å². The minimum atomic E-state index is -3.34. The molecule has 0 heterocycles. The molecule has 0 fully saturated rings. The SMILES string of the molecule is COC(=O)CCN(C)S(=O)(=O)CCc1ccccc1. The molecular formula is C13H19NO4S. The summed E-state index contributed by atoms with van der Waals surface area (Å²) in [5.74, 6) is -0.376. The quantitative estimate of drug-likeness (QED) is 0.703. The molecule has 0 aromatic heterocycles. The Hall–Kier alpha value is -1.40. The van der Waals surface area contributed by atoms with E-state index in [1.165, 1.54) is 18.5 Å². The van der Waals surface area contributed by atoms with Crippen LogP contribution in [0.15, 0.2) is 30.3 Å². The molecule has 5 nitrogen and oxygen atoms in total. The minimum absolute atomic E-state index is 0.0364. The molecule has 0 saturated carbocycles. The third-order valence-electron chi connectivity index (χ3n) is 2.82. The van der Waals surface area contributed by atoms with Crippen LogP contribution in [0.4, 0.5) is 0 Å². The first-order valence-corrected chi connectivity index (χ1v) is 7.61. The number of hydrogen-bond donors (Lipinski definition) is 0. The Labute approximate surface area is 114 Å². The van der Waals surface area contributed by atoms with E-state index in [9.17, 15) is 13.2 Å². The van der Waals surface area contributed by atoms with E-state index in [-0.39, 0.29) is 18.7 Å². The fourth-order valence-corrected chi connectivity index (χ4v) is 2.71. The summed E-state index contributed by atoms with van der Waals surface area (Å²) in [6.45, 7) is 0.143. The Balaban J connectivity index is 2.49. The van der Waals surface area contributed by atoms with Crippen LogP contribution in [0.5, 0.6) is 0 Å². The Morgan fingerprint density at radius 1 is 1.26 bits per heavy atom. The predicted octanol–water partition coefficient (Wildman–Crippen LogP) is 1.05. The summed E-state index contributed by atoms with van der Waals surface area (Å²) < 4.78 is 29.6. The molecule has 0 aliphatic carbocycles. The topological polar surface area (TPSA) is 63.7 Å². The highest BCUT2D eigenvalue weighted by Crippen LogP contribution is 2.06. The lowest BCUT2D eigenvalue weighted by Crippen LogP contribution is -2.32. The van der Waals surface area contributed by atoms with Gasteiger partial charge in [-0.1, -0.05) is 30.3 Å². The van der Waals surface area contributed by atoms with E-state index < -0.39 is 16.0 Å². The summed E-state index contributed by atoms with van der Waals surface area (Å²) in [6, 6.07) is 9.43. The van der Waals surface area contributed by atoms with Gasteiger partial charge in [-0.2, -0.15) is 0 Å². The zero-order valence-electron chi connectivity index (χ0n) is 11.2. The summed E-state index contributed by atoms with van der Waals surface area (Å²) in [4.78, 5) is 11.0. The second-order valence-electron chi connectivity index (χ2n) is 4.20. The molecule has 1 aromatic carbocycles. The van der Waals surface area contributed by atoms with Crippen LogP contribution in [0.25, 0.3) is 0 Å². The van der Waals surface area contributed by atoms with E-state index in [1.807, 2.05) is 30.3 Å². The lowest BCUT2D eigenvalue weighted by molar-refractivity contribution is -0.140. The average molecular weight is 285 g/mol. The molecule has 0 saturated heterocycles. The molecule has 0 radical (unpaired) electrons. The average Bonchev–Trinajstić information content (AvgIpc) is 2.43. The number of ether oxygens (including phenoxy) is 1. The minimum Gasteiger partial charge on any atom is -0.469 e. The molecule has 0 N–H and O–H groups in total. The van der Waals surface area contributed by atoms with Crippen LogP contribution >= 0.6 is 0 Å². The largest absolute Gasteiger partial charge is 0.469 e. The lowest BCUT2D eigenvalue weighted by Gasteiger charge is -2.16. The summed E-state index contributed by atoms with van der Waals surface area (Å²) >= 11 is 0. The van der Waals surface area contributed by atoms with Gasteiger partial charge < -0.3 is 4.74 Å². The predicted molar refractivity (Wildman–Crippen MR) is 73.2 cm³/mol. The highest BCUT2D eigenvalue weighted by molar-refractivity contribution is 7.89. The van der Waals surface area contributed by atoms with Crippen molar-refractivity contribution in [2.24, 2.45) is 0 Å². The first-order chi connectivity index (χ1) is 8.95. The van der Waals surface area contributed by atoms with Gasteiger partial charge in [-0.05, 0) is 12.0 Å². The molecule has 0 amide bonds. The maximum absolute atomic E-state index is 12.0. The van der Waals surface area contributed by atoms with E-state index in [0.717, 1.165) is 5.56 Å². The molecule has 0 bridgehead atoms. The maximum Gasteiger partial charge on any atom is 0.306 e. The Morgan fingerprint density at radius 3 is 2.47 bits per heavy atom. The molecule has 0 aliphatic heterocycles. The number of rotatable bonds is 7. The number of hydrogen-bond acceptors (Lipinski definition) is 4. The van der Waals surface area contributed by atoms with Crippen molar-refractivity contribution in [3.63, 3.8) is 0 Å². The van der Waals surface area contributed by atoms with Crippen molar-refractivity contribution >= 4 is 16.0 Å². The standard InChI is InChI=1S/C13H19NO4S/c1-14(10-8-13(15)18-2)19(16,17)11-9-12-6-4-3-5-7-12/h3-7H,8-11H2,1-2H3. The van der Waals surface area contributed by atoms with Crippen LogP contribution in [0.2, 0.25) is 0 Å². The number of methoxy groups -OCH3 is 1. The summed E-state index contributed by atoms with van der Waals surface area (Å²) in [5, 5.41) is 0. The van der Waals surface area contributed by atoms with E-state index >= 15 is 0 Å². The number of esters is 1. The van der Waals surface area contributed by atoms with Crippen LogP contribution in [0, 0.1) is 0 Å². The zero-order chi connectivity index (χ0) is 14.3. The van der Waals surface area contributed by atoms with E-state index in [0.29, 0.717) is 6.42 Å². The van der Waals surface area contributed by atoms with E-state index in [1.54, 1.807) is 0 Å². The number of nitrogens with zero attached hydrogens (tertiary/aromatic N) is 1. The fourth-order valence-electron chi connectivity index (χ4n) is 1.54. The van der Waals surface area contributed by atoms with Gasteiger partial charge in [0.25, 0.3) is 0 Å². The van der Waals surface area contributed by atoms with Crippen LogP contribution in [0.1, 0.15) is 12.0 Å². The third-order valence-corrected chi connectivity index (χ3v) is 4.68. The van der Waals surface area contributed by atoms with Gasteiger partial charge in [-0.3, -0.25) is 4.79 Å². The van der Waals surface area contributed by atoms with Crippen molar-refractivity contribution in [2.75, 3.05) is 26.5 Å². The summed E-state index contributed by atoms with van der Waals surface area (Å²) in [6.07, 6.45) is 0.531. The molecule has 0 aliphatic rings. The highest BCUT2D eigenvalue weighted by atomic mass is 32.2. The van der Waals surface area contributed by atoms with Crippen LogP contribution in [-0.4, -0.2) is 45.1 Å². The lowest BCUT2D eigenvalue weighted by atomic mass is 10.2. The molecule has 106 valence electrons. The monoisotopic (exact) mass is 285 g/mol. The molecule has 1 aromatic rings. The fraction of sp³-hybridized carbons (Fsp3) is 0.462. The van der Waals surface area contributed by atoms with Gasteiger partial charge in [-0.25, -0.2) is 12.7 Å². The molecule has 6 heteroatoms. The second-order valence-corrected chi connectivity index (χ2v) is 6.39. The normalized spacial score (nSPS) is 11.5. The van der Waals surface area contributed by atoms with Crippen molar-refractivity contribution in [1.29, 1.82) is 0 Å². The number of aryl methyl sites for hydroxylation is 1. The summed E-state index contributed by atoms with van der Waals surface area (Å²) in [5.41, 5.74) is 0.979. The zero-order valence-corrected chi connectivity index (χ0v) is 12.0. The van der Waals surface area contributed by atoms with Gasteiger partial charge in [-0.15, -0.1) is 0 Å². The Morgan fingerprint density at radius 2 is 1.89 bits per heavy atom. The van der Waals surface area contributed by atoms with Crippen LogP contribution in [-0.2, 0) is 26.0 Å². The third kappa shape index (κ3) is 5.40. The smallest absolute Gasteiger partial charge is 0.306 e. The Bertz CT molecular complexity index is 499. The maximum atomic E-state index is 12.0. The molecule has 0 spiro atoms. The summed E-state index contributed by atoms with van der Waals surface area (Å²) in [7, 11) is -0.577.